The van der Waals surface area contributed by atoms with Gasteiger partial charge in [-0.3, -0.25) is 4.99 Å². The summed E-state index contributed by atoms with van der Waals surface area (Å²) in [6, 6.07) is 11.8. The maximum absolute atomic E-state index is 5.62. The zero-order chi connectivity index (χ0) is 17.0. The number of nitrogens with one attached hydrogen (secondary N) is 2. The Kier molecular flexibility index (Phi) is 10.7. The first-order valence-electron chi connectivity index (χ1n) is 7.99. The van der Waals surface area contributed by atoms with Gasteiger partial charge in [-0.15, -0.1) is 24.0 Å². The van der Waals surface area contributed by atoms with Gasteiger partial charge in [-0.2, -0.15) is 0 Å². The van der Waals surface area contributed by atoms with Crippen LogP contribution in [0.25, 0.3) is 0 Å². The summed E-state index contributed by atoms with van der Waals surface area (Å²) in [6.07, 6.45) is 2.50. The van der Waals surface area contributed by atoms with E-state index in [1.807, 2.05) is 36.4 Å². The van der Waals surface area contributed by atoms with Gasteiger partial charge in [0, 0.05) is 33.7 Å². The van der Waals surface area contributed by atoms with Crippen LogP contribution in [0.15, 0.2) is 52.1 Å². The minimum atomic E-state index is 0. The molecule has 0 saturated heterocycles. The van der Waals surface area contributed by atoms with E-state index in [9.17, 15) is 0 Å². The molecule has 0 bridgehead atoms. The van der Waals surface area contributed by atoms with Crippen molar-refractivity contribution >= 4 is 29.9 Å². The lowest BCUT2D eigenvalue weighted by Crippen LogP contribution is -2.37. The maximum Gasteiger partial charge on any atom is 0.191 e. The monoisotopic (exact) mass is 459 g/mol. The largest absolute Gasteiger partial charge is 0.491 e. The van der Waals surface area contributed by atoms with E-state index >= 15 is 0 Å². The fraction of sp³-hybridized carbons (Fsp3) is 0.389. The third kappa shape index (κ3) is 8.26. The van der Waals surface area contributed by atoms with Crippen molar-refractivity contribution in [2.45, 2.75) is 13.0 Å². The molecule has 6 nitrogen and oxygen atoms in total. The van der Waals surface area contributed by atoms with Crippen molar-refractivity contribution in [2.75, 3.05) is 33.9 Å². The molecule has 138 valence electrons. The van der Waals surface area contributed by atoms with Crippen molar-refractivity contribution in [3.63, 3.8) is 0 Å². The number of nitrogens with zero attached hydrogens (tertiary/aromatic N) is 1. The van der Waals surface area contributed by atoms with Crippen molar-refractivity contribution in [3.05, 3.63) is 54.0 Å². The van der Waals surface area contributed by atoms with E-state index < -0.39 is 0 Å². The van der Waals surface area contributed by atoms with E-state index in [1.165, 1.54) is 0 Å². The van der Waals surface area contributed by atoms with Gasteiger partial charge < -0.3 is 24.5 Å². The molecule has 0 radical (unpaired) electrons. The number of benzene rings is 1. The lowest BCUT2D eigenvalue weighted by molar-refractivity contribution is 0.146. The van der Waals surface area contributed by atoms with Crippen molar-refractivity contribution in [1.29, 1.82) is 0 Å². The Morgan fingerprint density at radius 2 is 2.04 bits per heavy atom. The van der Waals surface area contributed by atoms with E-state index in [0.717, 1.165) is 36.0 Å². The van der Waals surface area contributed by atoms with Gasteiger partial charge in [0.15, 0.2) is 5.96 Å². The van der Waals surface area contributed by atoms with Gasteiger partial charge in [0.05, 0.1) is 12.9 Å². The molecule has 1 aromatic heterocycles. The molecule has 0 aliphatic rings. The van der Waals surface area contributed by atoms with Crippen LogP contribution in [0.5, 0.6) is 5.75 Å². The maximum atomic E-state index is 5.62. The molecule has 2 aromatic rings. The first-order valence-corrected chi connectivity index (χ1v) is 7.99. The lowest BCUT2D eigenvalue weighted by Gasteiger charge is -2.12. The van der Waals surface area contributed by atoms with Crippen LogP contribution < -0.4 is 15.4 Å². The Balaban J connectivity index is 0.00000312. The summed E-state index contributed by atoms with van der Waals surface area (Å²) in [7, 11) is 3.42. The van der Waals surface area contributed by atoms with Gasteiger partial charge in [0.1, 0.15) is 18.1 Å². The van der Waals surface area contributed by atoms with Crippen LogP contribution in [0.2, 0.25) is 0 Å². The zero-order valence-corrected chi connectivity index (χ0v) is 17.0. The fourth-order valence-corrected chi connectivity index (χ4v) is 2.15. The number of halogens is 1. The lowest BCUT2D eigenvalue weighted by atomic mass is 10.2. The summed E-state index contributed by atoms with van der Waals surface area (Å²) in [5.41, 5.74) is 1.12. The quantitative estimate of drug-likeness (QED) is 0.261. The standard InChI is InChI=1S/C18H25N3O3.HI/c1-19-18(20-9-8-16-7-4-10-23-16)21-14-15-5-3-6-17(13-15)24-12-11-22-2;/h3-7,10,13H,8-9,11-12,14H2,1-2H3,(H2,19,20,21);1H. The number of hydrogen-bond acceptors (Lipinski definition) is 4. The predicted molar refractivity (Wildman–Crippen MR) is 110 cm³/mol. The molecule has 0 unspecified atom stereocenters. The number of hydrogen-bond donors (Lipinski definition) is 2. The topological polar surface area (TPSA) is 68.0 Å². The van der Waals surface area contributed by atoms with E-state index in [2.05, 4.69) is 15.6 Å². The van der Waals surface area contributed by atoms with E-state index in [4.69, 9.17) is 13.9 Å². The summed E-state index contributed by atoms with van der Waals surface area (Å²) < 4.78 is 15.9. The van der Waals surface area contributed by atoms with Crippen LogP contribution in [-0.2, 0) is 17.7 Å². The minimum absolute atomic E-state index is 0. The summed E-state index contributed by atoms with van der Waals surface area (Å²) in [6.45, 7) is 2.55. The molecular weight excluding hydrogens is 433 g/mol. The van der Waals surface area contributed by atoms with Crippen LogP contribution in [0, 0.1) is 0 Å². The molecule has 2 N–H and O–H groups in total. The Bertz CT molecular complexity index is 618. The predicted octanol–water partition coefficient (Wildman–Crippen LogP) is 2.83. The van der Waals surface area contributed by atoms with Crippen LogP contribution in [0.3, 0.4) is 0 Å². The molecule has 0 aliphatic heterocycles. The smallest absolute Gasteiger partial charge is 0.191 e. The molecule has 0 spiro atoms. The second kappa shape index (κ2) is 12.6. The highest BCUT2D eigenvalue weighted by molar-refractivity contribution is 14.0. The Labute approximate surface area is 166 Å². The SMILES string of the molecule is CN=C(NCCc1ccco1)NCc1cccc(OCCOC)c1.I. The Hall–Kier alpha value is -1.74. The number of aliphatic imine (C=N–C) groups is 1. The molecule has 0 saturated carbocycles. The summed E-state index contributed by atoms with van der Waals surface area (Å²) in [5, 5.41) is 6.55. The van der Waals surface area contributed by atoms with Crippen LogP contribution in [0.1, 0.15) is 11.3 Å². The Morgan fingerprint density at radius 3 is 2.76 bits per heavy atom. The van der Waals surface area contributed by atoms with Crippen molar-refractivity contribution < 1.29 is 13.9 Å². The van der Waals surface area contributed by atoms with Gasteiger partial charge in [-0.1, -0.05) is 12.1 Å². The molecule has 0 atom stereocenters. The molecule has 25 heavy (non-hydrogen) atoms. The normalized spacial score (nSPS) is 10.9. The van der Waals surface area contributed by atoms with Crippen LogP contribution >= 0.6 is 24.0 Å². The number of rotatable bonds is 9. The van der Waals surface area contributed by atoms with E-state index in [0.29, 0.717) is 19.8 Å². The summed E-state index contributed by atoms with van der Waals surface area (Å²) in [5.74, 6) is 2.55. The van der Waals surface area contributed by atoms with Gasteiger partial charge >= 0.3 is 0 Å². The highest BCUT2D eigenvalue weighted by Crippen LogP contribution is 2.13. The van der Waals surface area contributed by atoms with Gasteiger partial charge in [0.2, 0.25) is 0 Å². The molecule has 1 aromatic carbocycles. The highest BCUT2D eigenvalue weighted by Gasteiger charge is 2.01. The minimum Gasteiger partial charge on any atom is -0.491 e. The third-order valence-corrected chi connectivity index (χ3v) is 3.38. The number of ether oxygens (including phenoxy) is 2. The van der Waals surface area contributed by atoms with Crippen molar-refractivity contribution in [1.82, 2.24) is 10.6 Å². The number of methoxy groups -OCH3 is 1. The first kappa shape index (κ1) is 21.3. The molecule has 2 rings (SSSR count). The third-order valence-electron chi connectivity index (χ3n) is 3.38. The Morgan fingerprint density at radius 1 is 1.16 bits per heavy atom. The molecular formula is C18H26IN3O3. The second-order valence-corrected chi connectivity index (χ2v) is 5.17. The highest BCUT2D eigenvalue weighted by atomic mass is 127. The molecule has 0 amide bonds. The van der Waals surface area contributed by atoms with Crippen LogP contribution in [0.4, 0.5) is 0 Å². The number of furan rings is 1. The summed E-state index contributed by atoms with van der Waals surface area (Å²) >= 11 is 0. The second-order valence-electron chi connectivity index (χ2n) is 5.17. The van der Waals surface area contributed by atoms with Gasteiger partial charge in [-0.25, -0.2) is 0 Å². The van der Waals surface area contributed by atoms with Gasteiger partial charge in [0.25, 0.3) is 0 Å². The van der Waals surface area contributed by atoms with Gasteiger partial charge in [-0.05, 0) is 29.8 Å². The first-order chi connectivity index (χ1) is 11.8. The van der Waals surface area contributed by atoms with Crippen molar-refractivity contribution in [3.8, 4) is 5.75 Å². The van der Waals surface area contributed by atoms with Crippen LogP contribution in [-0.4, -0.2) is 39.9 Å². The fourth-order valence-electron chi connectivity index (χ4n) is 2.15. The van der Waals surface area contributed by atoms with Crippen molar-refractivity contribution in [2.24, 2.45) is 4.99 Å². The molecule has 1 heterocycles. The van der Waals surface area contributed by atoms with E-state index in [-0.39, 0.29) is 24.0 Å². The molecule has 7 heteroatoms. The summed E-state index contributed by atoms with van der Waals surface area (Å²) in [4.78, 5) is 4.22. The average Bonchev–Trinajstić information content (AvgIpc) is 3.12. The van der Waals surface area contributed by atoms with E-state index in [1.54, 1.807) is 20.4 Å². The molecule has 0 fully saturated rings. The molecule has 0 aliphatic carbocycles. The zero-order valence-electron chi connectivity index (χ0n) is 14.7. The average molecular weight is 459 g/mol. The number of guanidine groups is 1.